The standard InChI is InChI=1S/C11H16BrNO2S/c1-13-10(7-15-2)8-16(14)11-5-3-4-9(12)6-11/h3-6,10,13H,7-8H2,1-2H3. The number of methoxy groups -OCH3 is 1. The molecule has 1 rings (SSSR count). The fraction of sp³-hybridized carbons (Fsp3) is 0.455. The lowest BCUT2D eigenvalue weighted by Gasteiger charge is -2.14. The van der Waals surface area contributed by atoms with E-state index in [2.05, 4.69) is 21.2 Å². The highest BCUT2D eigenvalue weighted by atomic mass is 79.9. The van der Waals surface area contributed by atoms with Crippen molar-refractivity contribution in [2.45, 2.75) is 10.9 Å². The molecule has 1 N–H and O–H groups in total. The first-order valence-electron chi connectivity index (χ1n) is 4.97. The van der Waals surface area contributed by atoms with Gasteiger partial charge in [-0.2, -0.15) is 0 Å². The van der Waals surface area contributed by atoms with Crippen LogP contribution in [-0.4, -0.2) is 36.8 Å². The average Bonchev–Trinajstić information content (AvgIpc) is 2.28. The van der Waals surface area contributed by atoms with Crippen LogP contribution < -0.4 is 5.32 Å². The maximum Gasteiger partial charge on any atom is 0.0624 e. The van der Waals surface area contributed by atoms with Crippen molar-refractivity contribution in [3.05, 3.63) is 28.7 Å². The van der Waals surface area contributed by atoms with E-state index in [1.54, 1.807) is 7.11 Å². The summed E-state index contributed by atoms with van der Waals surface area (Å²) in [7, 11) is 2.50. The molecular formula is C11H16BrNO2S. The molecule has 0 aliphatic heterocycles. The topological polar surface area (TPSA) is 38.3 Å². The molecule has 0 radical (unpaired) electrons. The summed E-state index contributed by atoms with van der Waals surface area (Å²) in [5.41, 5.74) is 0. The van der Waals surface area contributed by atoms with Crippen molar-refractivity contribution < 1.29 is 8.95 Å². The largest absolute Gasteiger partial charge is 0.383 e. The van der Waals surface area contributed by atoms with E-state index in [0.717, 1.165) is 9.37 Å². The Morgan fingerprint density at radius 3 is 2.88 bits per heavy atom. The number of rotatable bonds is 6. The molecule has 0 aliphatic carbocycles. The summed E-state index contributed by atoms with van der Waals surface area (Å²) >= 11 is 3.37. The fourth-order valence-corrected chi connectivity index (χ4v) is 3.16. The molecule has 0 aliphatic rings. The molecular weight excluding hydrogens is 290 g/mol. The summed E-state index contributed by atoms with van der Waals surface area (Å²) in [5.74, 6) is 0.556. The van der Waals surface area contributed by atoms with Crippen LogP contribution in [0.25, 0.3) is 0 Å². The molecule has 90 valence electrons. The monoisotopic (exact) mass is 305 g/mol. The zero-order chi connectivity index (χ0) is 12.0. The van der Waals surface area contributed by atoms with Crippen molar-refractivity contribution in [3.8, 4) is 0 Å². The van der Waals surface area contributed by atoms with Gasteiger partial charge in [0.2, 0.25) is 0 Å². The highest BCUT2D eigenvalue weighted by molar-refractivity contribution is 9.10. The molecule has 2 atom stereocenters. The van der Waals surface area contributed by atoms with Gasteiger partial charge in [-0.3, -0.25) is 4.21 Å². The predicted molar refractivity (Wildman–Crippen MR) is 70.1 cm³/mol. The van der Waals surface area contributed by atoms with E-state index in [-0.39, 0.29) is 6.04 Å². The summed E-state index contributed by atoms with van der Waals surface area (Å²) in [6.45, 7) is 0.566. The van der Waals surface area contributed by atoms with Gasteiger partial charge >= 0.3 is 0 Å². The Hall–Kier alpha value is -0.230. The number of benzene rings is 1. The van der Waals surface area contributed by atoms with Crippen LogP contribution in [0.3, 0.4) is 0 Å². The van der Waals surface area contributed by atoms with E-state index in [0.29, 0.717) is 12.4 Å². The molecule has 3 nitrogen and oxygen atoms in total. The van der Waals surface area contributed by atoms with Crippen LogP contribution in [-0.2, 0) is 15.5 Å². The van der Waals surface area contributed by atoms with Gasteiger partial charge < -0.3 is 10.1 Å². The summed E-state index contributed by atoms with van der Waals surface area (Å²) < 4.78 is 18.0. The van der Waals surface area contributed by atoms with Crippen LogP contribution in [0.15, 0.2) is 33.6 Å². The van der Waals surface area contributed by atoms with Crippen LogP contribution in [0.2, 0.25) is 0 Å². The Balaban J connectivity index is 2.64. The molecule has 0 fully saturated rings. The molecule has 0 aromatic heterocycles. The second-order valence-electron chi connectivity index (χ2n) is 3.41. The lowest BCUT2D eigenvalue weighted by molar-refractivity contribution is 0.176. The second kappa shape index (κ2) is 7.17. The highest BCUT2D eigenvalue weighted by Gasteiger charge is 2.12. The van der Waals surface area contributed by atoms with Crippen molar-refractivity contribution >= 4 is 26.7 Å². The number of nitrogens with one attached hydrogen (secondary N) is 1. The van der Waals surface area contributed by atoms with Gasteiger partial charge in [-0.1, -0.05) is 22.0 Å². The summed E-state index contributed by atoms with van der Waals surface area (Å²) in [4.78, 5) is 0.839. The first-order chi connectivity index (χ1) is 7.67. The van der Waals surface area contributed by atoms with Crippen LogP contribution in [0, 0.1) is 0 Å². The number of ether oxygens (including phenoxy) is 1. The van der Waals surface area contributed by atoms with Crippen molar-refractivity contribution in [3.63, 3.8) is 0 Å². The molecule has 0 amide bonds. The van der Waals surface area contributed by atoms with Crippen LogP contribution in [0.4, 0.5) is 0 Å². The Morgan fingerprint density at radius 2 is 2.31 bits per heavy atom. The van der Waals surface area contributed by atoms with Gasteiger partial charge in [0, 0.05) is 28.3 Å². The maximum atomic E-state index is 12.0. The van der Waals surface area contributed by atoms with Gasteiger partial charge in [0.15, 0.2) is 0 Å². The predicted octanol–water partition coefficient (Wildman–Crippen LogP) is 1.79. The van der Waals surface area contributed by atoms with Crippen molar-refractivity contribution in [1.29, 1.82) is 0 Å². The third kappa shape index (κ3) is 4.33. The van der Waals surface area contributed by atoms with Crippen LogP contribution in [0.1, 0.15) is 0 Å². The fourth-order valence-electron chi connectivity index (χ4n) is 1.30. The van der Waals surface area contributed by atoms with Gasteiger partial charge in [0.1, 0.15) is 0 Å². The minimum atomic E-state index is -0.998. The van der Waals surface area contributed by atoms with E-state index >= 15 is 0 Å². The van der Waals surface area contributed by atoms with E-state index in [1.807, 2.05) is 31.3 Å². The van der Waals surface area contributed by atoms with Gasteiger partial charge in [-0.15, -0.1) is 0 Å². The zero-order valence-electron chi connectivity index (χ0n) is 9.40. The Bertz CT molecular complexity index is 360. The second-order valence-corrected chi connectivity index (χ2v) is 5.82. The Labute approximate surface area is 107 Å². The van der Waals surface area contributed by atoms with E-state index in [9.17, 15) is 4.21 Å². The lowest BCUT2D eigenvalue weighted by Crippen LogP contribution is -2.35. The minimum Gasteiger partial charge on any atom is -0.383 e. The maximum absolute atomic E-state index is 12.0. The lowest BCUT2D eigenvalue weighted by atomic mass is 10.4. The molecule has 0 saturated carbocycles. The van der Waals surface area contributed by atoms with Crippen molar-refractivity contribution in [2.75, 3.05) is 26.5 Å². The third-order valence-corrected chi connectivity index (χ3v) is 4.17. The molecule has 0 heterocycles. The molecule has 16 heavy (non-hydrogen) atoms. The first-order valence-corrected chi connectivity index (χ1v) is 7.08. The normalized spacial score (nSPS) is 14.7. The molecule has 0 spiro atoms. The van der Waals surface area contributed by atoms with E-state index in [1.165, 1.54) is 0 Å². The number of likely N-dealkylation sites (N-methyl/N-ethyl adjacent to an activating group) is 1. The molecule has 0 bridgehead atoms. The SMILES string of the molecule is CNC(COC)CS(=O)c1cccc(Br)c1. The number of hydrogen-bond donors (Lipinski definition) is 1. The number of hydrogen-bond acceptors (Lipinski definition) is 3. The molecule has 2 unspecified atom stereocenters. The van der Waals surface area contributed by atoms with E-state index < -0.39 is 10.8 Å². The summed E-state index contributed by atoms with van der Waals surface area (Å²) in [6.07, 6.45) is 0. The Morgan fingerprint density at radius 1 is 1.56 bits per heavy atom. The molecule has 1 aromatic carbocycles. The highest BCUT2D eigenvalue weighted by Crippen LogP contribution is 2.15. The average molecular weight is 306 g/mol. The molecule has 1 aromatic rings. The molecule has 0 saturated heterocycles. The van der Waals surface area contributed by atoms with Crippen LogP contribution >= 0.6 is 15.9 Å². The third-order valence-electron chi connectivity index (χ3n) is 2.19. The van der Waals surface area contributed by atoms with E-state index in [4.69, 9.17) is 4.74 Å². The van der Waals surface area contributed by atoms with Crippen molar-refractivity contribution in [1.82, 2.24) is 5.32 Å². The Kier molecular flexibility index (Phi) is 6.20. The summed E-state index contributed by atoms with van der Waals surface area (Å²) in [5, 5.41) is 3.09. The van der Waals surface area contributed by atoms with Crippen molar-refractivity contribution in [2.24, 2.45) is 0 Å². The first kappa shape index (κ1) is 13.8. The van der Waals surface area contributed by atoms with Gasteiger partial charge in [-0.05, 0) is 25.2 Å². The smallest absolute Gasteiger partial charge is 0.0624 e. The quantitative estimate of drug-likeness (QED) is 0.871. The molecule has 5 heteroatoms. The van der Waals surface area contributed by atoms with Crippen LogP contribution in [0.5, 0.6) is 0 Å². The van der Waals surface area contributed by atoms with Gasteiger partial charge in [-0.25, -0.2) is 0 Å². The minimum absolute atomic E-state index is 0.116. The summed E-state index contributed by atoms with van der Waals surface area (Å²) in [6, 6.07) is 7.69. The zero-order valence-corrected chi connectivity index (χ0v) is 11.8. The van der Waals surface area contributed by atoms with Gasteiger partial charge in [0.05, 0.1) is 17.4 Å². The van der Waals surface area contributed by atoms with Gasteiger partial charge in [0.25, 0.3) is 0 Å². The number of halogens is 1.